The van der Waals surface area contributed by atoms with Crippen LogP contribution in [0.3, 0.4) is 0 Å². The molecule has 15 heavy (non-hydrogen) atoms. The van der Waals surface area contributed by atoms with Crippen molar-refractivity contribution >= 4 is 0 Å². The van der Waals surface area contributed by atoms with Gasteiger partial charge in [-0.2, -0.15) is 0 Å². The highest BCUT2D eigenvalue weighted by molar-refractivity contribution is 5.30. The van der Waals surface area contributed by atoms with Crippen LogP contribution in [0.2, 0.25) is 0 Å². The van der Waals surface area contributed by atoms with Crippen molar-refractivity contribution in [2.75, 3.05) is 0 Å². The quantitative estimate of drug-likeness (QED) is 0.819. The summed E-state index contributed by atoms with van der Waals surface area (Å²) in [5, 5.41) is 9.87. The third-order valence-electron chi connectivity index (χ3n) is 2.37. The van der Waals surface area contributed by atoms with Crippen molar-refractivity contribution in [3.63, 3.8) is 0 Å². The molecule has 0 saturated carbocycles. The molecule has 0 aliphatic heterocycles. The number of halogens is 1. The molecule has 2 rings (SSSR count). The van der Waals surface area contributed by atoms with E-state index < -0.39 is 6.10 Å². The third-order valence-corrected chi connectivity index (χ3v) is 2.37. The normalized spacial score (nSPS) is 12.7. The van der Waals surface area contributed by atoms with Gasteiger partial charge in [-0.1, -0.05) is 12.1 Å². The van der Waals surface area contributed by atoms with Gasteiger partial charge in [-0.25, -0.2) is 4.39 Å². The largest absolute Gasteiger partial charge is 0.472 e. The summed E-state index contributed by atoms with van der Waals surface area (Å²) in [6.07, 6.45) is 2.09. The van der Waals surface area contributed by atoms with Gasteiger partial charge >= 0.3 is 0 Å². The van der Waals surface area contributed by atoms with E-state index in [0.29, 0.717) is 16.7 Å². The minimum atomic E-state index is -0.834. The molecule has 1 atom stereocenters. The monoisotopic (exact) mass is 206 g/mol. The Labute approximate surface area is 87.0 Å². The van der Waals surface area contributed by atoms with Gasteiger partial charge in [0.15, 0.2) is 0 Å². The Bertz CT molecular complexity index is 449. The molecular formula is C12H11FO2. The van der Waals surface area contributed by atoms with Gasteiger partial charge in [0.2, 0.25) is 0 Å². The Kier molecular flexibility index (Phi) is 2.56. The maximum atomic E-state index is 13.2. The predicted molar refractivity (Wildman–Crippen MR) is 53.9 cm³/mol. The Morgan fingerprint density at radius 2 is 2.07 bits per heavy atom. The van der Waals surface area contributed by atoms with Gasteiger partial charge in [0, 0.05) is 5.56 Å². The van der Waals surface area contributed by atoms with E-state index in [2.05, 4.69) is 0 Å². The molecule has 1 unspecified atom stereocenters. The van der Waals surface area contributed by atoms with Gasteiger partial charge in [0.05, 0.1) is 12.5 Å². The van der Waals surface area contributed by atoms with Gasteiger partial charge in [0.25, 0.3) is 0 Å². The SMILES string of the molecule is Cc1ccc(C(O)c2ccoc2)cc1F. The maximum Gasteiger partial charge on any atom is 0.126 e. The summed E-state index contributed by atoms with van der Waals surface area (Å²) in [7, 11) is 0. The summed E-state index contributed by atoms with van der Waals surface area (Å²) < 4.78 is 18.1. The average molecular weight is 206 g/mol. The molecule has 2 aromatic rings. The summed E-state index contributed by atoms with van der Waals surface area (Å²) in [6, 6.07) is 6.35. The second-order valence-corrected chi connectivity index (χ2v) is 3.47. The molecule has 1 N–H and O–H groups in total. The number of aliphatic hydroxyl groups is 1. The zero-order chi connectivity index (χ0) is 10.8. The molecule has 0 fully saturated rings. The van der Waals surface area contributed by atoms with Gasteiger partial charge in [-0.3, -0.25) is 0 Å². The molecule has 0 saturated heterocycles. The maximum absolute atomic E-state index is 13.2. The van der Waals surface area contributed by atoms with Crippen molar-refractivity contribution in [3.05, 3.63) is 59.3 Å². The lowest BCUT2D eigenvalue weighted by molar-refractivity contribution is 0.218. The molecule has 78 valence electrons. The first-order valence-electron chi connectivity index (χ1n) is 4.64. The van der Waals surface area contributed by atoms with Crippen molar-refractivity contribution in [2.45, 2.75) is 13.0 Å². The molecule has 1 aromatic heterocycles. The average Bonchev–Trinajstić information content (AvgIpc) is 2.74. The van der Waals surface area contributed by atoms with Crippen LogP contribution in [0.25, 0.3) is 0 Å². The van der Waals surface area contributed by atoms with Crippen LogP contribution in [0.1, 0.15) is 22.8 Å². The first-order chi connectivity index (χ1) is 7.18. The van der Waals surface area contributed by atoms with Crippen molar-refractivity contribution in [2.24, 2.45) is 0 Å². The van der Waals surface area contributed by atoms with Gasteiger partial charge in [0.1, 0.15) is 11.9 Å². The lowest BCUT2D eigenvalue weighted by Crippen LogP contribution is -1.99. The van der Waals surface area contributed by atoms with Gasteiger partial charge in [-0.05, 0) is 30.2 Å². The van der Waals surface area contributed by atoms with E-state index in [0.717, 1.165) is 0 Å². The lowest BCUT2D eigenvalue weighted by Gasteiger charge is -2.09. The van der Waals surface area contributed by atoms with E-state index in [4.69, 9.17) is 4.42 Å². The van der Waals surface area contributed by atoms with Crippen LogP contribution in [-0.2, 0) is 0 Å². The summed E-state index contributed by atoms with van der Waals surface area (Å²) >= 11 is 0. The number of benzene rings is 1. The van der Waals surface area contributed by atoms with E-state index in [9.17, 15) is 9.50 Å². The number of hydrogen-bond donors (Lipinski definition) is 1. The fourth-order valence-electron chi connectivity index (χ4n) is 1.40. The van der Waals surface area contributed by atoms with Crippen LogP contribution in [0.5, 0.6) is 0 Å². The zero-order valence-electron chi connectivity index (χ0n) is 8.27. The number of aliphatic hydroxyl groups excluding tert-OH is 1. The fourth-order valence-corrected chi connectivity index (χ4v) is 1.40. The second kappa shape index (κ2) is 3.87. The fraction of sp³-hybridized carbons (Fsp3) is 0.167. The van der Waals surface area contributed by atoms with Crippen LogP contribution < -0.4 is 0 Å². The number of hydrogen-bond acceptors (Lipinski definition) is 2. The highest BCUT2D eigenvalue weighted by Gasteiger charge is 2.12. The van der Waals surface area contributed by atoms with Crippen molar-refractivity contribution in [1.82, 2.24) is 0 Å². The van der Waals surface area contributed by atoms with Crippen LogP contribution >= 0.6 is 0 Å². The Hall–Kier alpha value is -1.61. The summed E-state index contributed by atoms with van der Waals surface area (Å²) in [5.74, 6) is -0.310. The number of aryl methyl sites for hydroxylation is 1. The molecule has 0 amide bonds. The minimum Gasteiger partial charge on any atom is -0.472 e. The Balaban J connectivity index is 2.34. The van der Waals surface area contributed by atoms with Gasteiger partial charge < -0.3 is 9.52 Å². The number of rotatable bonds is 2. The summed E-state index contributed by atoms with van der Waals surface area (Å²) in [4.78, 5) is 0. The van der Waals surface area contributed by atoms with Crippen LogP contribution in [0.15, 0.2) is 41.2 Å². The first kappa shape index (κ1) is 9.93. The molecule has 1 aromatic carbocycles. The van der Waals surface area contributed by atoms with Crippen LogP contribution in [0.4, 0.5) is 4.39 Å². The predicted octanol–water partition coefficient (Wildman–Crippen LogP) is 2.81. The van der Waals surface area contributed by atoms with Crippen molar-refractivity contribution in [1.29, 1.82) is 0 Å². The van der Waals surface area contributed by atoms with Crippen LogP contribution in [-0.4, -0.2) is 5.11 Å². The topological polar surface area (TPSA) is 33.4 Å². The summed E-state index contributed by atoms with van der Waals surface area (Å²) in [6.45, 7) is 1.68. The van der Waals surface area contributed by atoms with Crippen LogP contribution in [0, 0.1) is 12.7 Å². The van der Waals surface area contributed by atoms with E-state index in [1.165, 1.54) is 18.6 Å². The van der Waals surface area contributed by atoms with E-state index in [-0.39, 0.29) is 5.82 Å². The van der Waals surface area contributed by atoms with Crippen molar-refractivity contribution < 1.29 is 13.9 Å². The first-order valence-corrected chi connectivity index (χ1v) is 4.64. The molecule has 0 aliphatic rings. The molecule has 3 heteroatoms. The highest BCUT2D eigenvalue weighted by atomic mass is 19.1. The minimum absolute atomic E-state index is 0.310. The van der Waals surface area contributed by atoms with E-state index >= 15 is 0 Å². The smallest absolute Gasteiger partial charge is 0.126 e. The zero-order valence-corrected chi connectivity index (χ0v) is 8.27. The highest BCUT2D eigenvalue weighted by Crippen LogP contribution is 2.23. The lowest BCUT2D eigenvalue weighted by atomic mass is 10.0. The molecule has 0 radical (unpaired) electrons. The molecule has 1 heterocycles. The Morgan fingerprint density at radius 1 is 1.27 bits per heavy atom. The molecule has 0 bridgehead atoms. The molecule has 0 spiro atoms. The standard InChI is InChI=1S/C12H11FO2/c1-8-2-3-9(6-11(8)13)12(14)10-4-5-15-7-10/h2-7,12,14H,1H3. The molecule has 0 aliphatic carbocycles. The molecular weight excluding hydrogens is 195 g/mol. The van der Waals surface area contributed by atoms with E-state index in [1.54, 1.807) is 25.1 Å². The second-order valence-electron chi connectivity index (χ2n) is 3.47. The summed E-state index contributed by atoms with van der Waals surface area (Å²) in [5.41, 5.74) is 1.72. The molecule has 2 nitrogen and oxygen atoms in total. The number of furan rings is 1. The third kappa shape index (κ3) is 1.92. The van der Waals surface area contributed by atoms with E-state index in [1.807, 2.05) is 0 Å². The van der Waals surface area contributed by atoms with Gasteiger partial charge in [-0.15, -0.1) is 0 Å². The Morgan fingerprint density at radius 3 is 2.67 bits per heavy atom. The van der Waals surface area contributed by atoms with Crippen molar-refractivity contribution in [3.8, 4) is 0 Å².